The van der Waals surface area contributed by atoms with Crippen molar-refractivity contribution in [2.75, 3.05) is 6.54 Å². The molecule has 0 heterocycles. The quantitative estimate of drug-likeness (QED) is 0.892. The average Bonchev–Trinajstić information content (AvgIpc) is 3.39. The van der Waals surface area contributed by atoms with Crippen LogP contribution in [-0.2, 0) is 5.60 Å². The fraction of sp³-hybridized carbons (Fsp3) is 0.278. The van der Waals surface area contributed by atoms with Gasteiger partial charge in [0, 0.05) is 0 Å². The summed E-state index contributed by atoms with van der Waals surface area (Å²) in [6, 6.07) is 15.2. The van der Waals surface area contributed by atoms with E-state index in [0.717, 1.165) is 18.4 Å². The topological polar surface area (TPSA) is 49.3 Å². The van der Waals surface area contributed by atoms with Crippen molar-refractivity contribution in [1.29, 1.82) is 0 Å². The van der Waals surface area contributed by atoms with E-state index in [1.807, 2.05) is 30.3 Å². The third-order valence-corrected chi connectivity index (χ3v) is 4.16. The van der Waals surface area contributed by atoms with E-state index in [-0.39, 0.29) is 18.0 Å². The molecule has 2 N–H and O–H groups in total. The number of benzene rings is 2. The van der Waals surface area contributed by atoms with E-state index in [1.54, 1.807) is 6.07 Å². The number of aliphatic hydroxyl groups is 1. The van der Waals surface area contributed by atoms with Gasteiger partial charge in [-0.1, -0.05) is 42.5 Å². The summed E-state index contributed by atoms with van der Waals surface area (Å²) < 4.78 is 13.6. The predicted molar refractivity (Wildman–Crippen MR) is 81.8 cm³/mol. The van der Waals surface area contributed by atoms with Crippen LogP contribution in [0.1, 0.15) is 28.8 Å². The third-order valence-electron chi connectivity index (χ3n) is 4.16. The minimum Gasteiger partial charge on any atom is -0.383 e. The van der Waals surface area contributed by atoms with Gasteiger partial charge in [0.25, 0.3) is 5.91 Å². The summed E-state index contributed by atoms with van der Waals surface area (Å²) in [7, 11) is 0. The van der Waals surface area contributed by atoms with Gasteiger partial charge in [-0.25, -0.2) is 4.39 Å². The van der Waals surface area contributed by atoms with Crippen LogP contribution in [0.4, 0.5) is 4.39 Å². The van der Waals surface area contributed by atoms with Crippen LogP contribution in [0.15, 0.2) is 54.6 Å². The predicted octanol–water partition coefficient (Wildman–Crippen LogP) is 2.85. The number of halogens is 1. The number of carbonyl (C=O) groups is 1. The Morgan fingerprint density at radius 3 is 2.41 bits per heavy atom. The summed E-state index contributed by atoms with van der Waals surface area (Å²) in [5.41, 5.74) is -0.317. The van der Waals surface area contributed by atoms with Gasteiger partial charge in [-0.3, -0.25) is 4.79 Å². The molecule has 0 unspecified atom stereocenters. The fourth-order valence-corrected chi connectivity index (χ4v) is 2.73. The molecule has 1 aliphatic carbocycles. The zero-order chi connectivity index (χ0) is 15.6. The molecular formula is C18H18FNO2. The van der Waals surface area contributed by atoms with E-state index in [2.05, 4.69) is 5.32 Å². The molecule has 2 aromatic rings. The first kappa shape index (κ1) is 14.7. The van der Waals surface area contributed by atoms with E-state index >= 15 is 0 Å². The Balaban J connectivity index is 1.76. The smallest absolute Gasteiger partial charge is 0.254 e. The summed E-state index contributed by atoms with van der Waals surface area (Å²) in [6.45, 7) is 0.0782. The molecule has 2 aromatic carbocycles. The SMILES string of the molecule is O=C(NC[C@@](O)(c1ccccc1)C1CC1)c1ccccc1F. The first-order valence-electron chi connectivity index (χ1n) is 7.42. The molecule has 1 amide bonds. The molecule has 0 spiro atoms. The Morgan fingerprint density at radius 2 is 1.77 bits per heavy atom. The Morgan fingerprint density at radius 1 is 1.14 bits per heavy atom. The molecule has 1 fully saturated rings. The molecule has 3 rings (SSSR count). The molecule has 0 bridgehead atoms. The summed E-state index contributed by atoms with van der Waals surface area (Å²) in [6.07, 6.45) is 1.86. The molecule has 0 saturated heterocycles. The minimum absolute atomic E-state index is 0.00583. The number of carbonyl (C=O) groups excluding carboxylic acids is 1. The van der Waals surface area contributed by atoms with E-state index in [9.17, 15) is 14.3 Å². The van der Waals surface area contributed by atoms with E-state index < -0.39 is 17.3 Å². The van der Waals surface area contributed by atoms with Crippen molar-refractivity contribution >= 4 is 5.91 Å². The third kappa shape index (κ3) is 2.88. The van der Waals surface area contributed by atoms with Crippen LogP contribution in [0.3, 0.4) is 0 Å². The van der Waals surface area contributed by atoms with Gasteiger partial charge in [0.05, 0.1) is 12.1 Å². The Hall–Kier alpha value is -2.20. The lowest BCUT2D eigenvalue weighted by molar-refractivity contribution is 0.0134. The molecule has 3 nitrogen and oxygen atoms in total. The fourth-order valence-electron chi connectivity index (χ4n) is 2.73. The van der Waals surface area contributed by atoms with Gasteiger partial charge in [0.15, 0.2) is 0 Å². The zero-order valence-electron chi connectivity index (χ0n) is 12.1. The van der Waals surface area contributed by atoms with Crippen molar-refractivity contribution in [2.24, 2.45) is 5.92 Å². The van der Waals surface area contributed by atoms with Gasteiger partial charge in [0.2, 0.25) is 0 Å². The highest BCUT2D eigenvalue weighted by atomic mass is 19.1. The van der Waals surface area contributed by atoms with Gasteiger partial charge in [-0.05, 0) is 36.5 Å². The van der Waals surface area contributed by atoms with Crippen LogP contribution in [0.2, 0.25) is 0 Å². The molecule has 1 aliphatic rings. The van der Waals surface area contributed by atoms with Crippen LogP contribution in [-0.4, -0.2) is 17.6 Å². The Bertz CT molecular complexity index is 670. The summed E-state index contributed by atoms with van der Waals surface area (Å²) >= 11 is 0. The largest absolute Gasteiger partial charge is 0.383 e. The van der Waals surface area contributed by atoms with Crippen LogP contribution in [0.5, 0.6) is 0 Å². The Labute approximate surface area is 128 Å². The molecule has 0 aromatic heterocycles. The highest BCUT2D eigenvalue weighted by molar-refractivity contribution is 5.94. The van der Waals surface area contributed by atoms with E-state index in [1.165, 1.54) is 18.2 Å². The summed E-state index contributed by atoms with van der Waals surface area (Å²) in [5, 5.41) is 13.7. The van der Waals surface area contributed by atoms with Crippen molar-refractivity contribution in [3.63, 3.8) is 0 Å². The van der Waals surface area contributed by atoms with Crippen LogP contribution >= 0.6 is 0 Å². The summed E-state index contributed by atoms with van der Waals surface area (Å²) in [4.78, 5) is 12.1. The maximum atomic E-state index is 13.6. The maximum Gasteiger partial charge on any atom is 0.254 e. The number of nitrogens with one attached hydrogen (secondary N) is 1. The van der Waals surface area contributed by atoms with Crippen molar-refractivity contribution in [3.8, 4) is 0 Å². The number of hydrogen-bond acceptors (Lipinski definition) is 2. The molecule has 22 heavy (non-hydrogen) atoms. The number of amides is 1. The number of hydrogen-bond donors (Lipinski definition) is 2. The Kier molecular flexibility index (Phi) is 3.94. The van der Waals surface area contributed by atoms with Gasteiger partial charge in [-0.2, -0.15) is 0 Å². The van der Waals surface area contributed by atoms with Crippen molar-refractivity contribution in [3.05, 3.63) is 71.5 Å². The molecule has 1 saturated carbocycles. The standard InChI is InChI=1S/C18H18FNO2/c19-16-9-5-4-8-15(16)17(21)20-12-18(22,14-10-11-14)13-6-2-1-3-7-13/h1-9,14,22H,10-12H2,(H,20,21)/t18-/m1/s1. The lowest BCUT2D eigenvalue weighted by Gasteiger charge is -2.29. The molecule has 0 radical (unpaired) electrons. The van der Waals surface area contributed by atoms with Gasteiger partial charge >= 0.3 is 0 Å². The molecule has 1 atom stereocenters. The molecule has 4 heteroatoms. The molecule has 114 valence electrons. The second-order valence-corrected chi connectivity index (χ2v) is 5.73. The van der Waals surface area contributed by atoms with Crippen molar-refractivity contribution in [1.82, 2.24) is 5.32 Å². The normalized spacial score (nSPS) is 16.8. The molecular weight excluding hydrogens is 281 g/mol. The zero-order valence-corrected chi connectivity index (χ0v) is 12.1. The lowest BCUT2D eigenvalue weighted by atomic mass is 9.88. The van der Waals surface area contributed by atoms with Crippen LogP contribution in [0.25, 0.3) is 0 Å². The van der Waals surface area contributed by atoms with Crippen molar-refractivity contribution in [2.45, 2.75) is 18.4 Å². The first-order valence-corrected chi connectivity index (χ1v) is 7.42. The highest BCUT2D eigenvalue weighted by Crippen LogP contribution is 2.45. The van der Waals surface area contributed by atoms with Gasteiger partial charge in [0.1, 0.15) is 11.4 Å². The van der Waals surface area contributed by atoms with Crippen molar-refractivity contribution < 1.29 is 14.3 Å². The van der Waals surface area contributed by atoms with Gasteiger partial charge < -0.3 is 10.4 Å². The van der Waals surface area contributed by atoms with Gasteiger partial charge in [-0.15, -0.1) is 0 Å². The van der Waals surface area contributed by atoms with Crippen LogP contribution in [0, 0.1) is 11.7 Å². The highest BCUT2D eigenvalue weighted by Gasteiger charge is 2.45. The monoisotopic (exact) mass is 299 g/mol. The second kappa shape index (κ2) is 5.89. The van der Waals surface area contributed by atoms with Crippen LogP contribution < -0.4 is 5.32 Å². The lowest BCUT2D eigenvalue weighted by Crippen LogP contribution is -2.42. The number of rotatable bonds is 5. The second-order valence-electron chi connectivity index (χ2n) is 5.73. The first-order chi connectivity index (χ1) is 10.6. The van der Waals surface area contributed by atoms with E-state index in [0.29, 0.717) is 0 Å². The summed E-state index contributed by atoms with van der Waals surface area (Å²) in [5.74, 6) is -0.932. The average molecular weight is 299 g/mol. The maximum absolute atomic E-state index is 13.6. The van der Waals surface area contributed by atoms with E-state index in [4.69, 9.17) is 0 Å². The minimum atomic E-state index is -1.10. The molecule has 0 aliphatic heterocycles.